The van der Waals surface area contributed by atoms with E-state index in [-0.39, 0.29) is 11.8 Å². The number of benzene rings is 1. The zero-order valence-electron chi connectivity index (χ0n) is 11.0. The van der Waals surface area contributed by atoms with Gasteiger partial charge < -0.3 is 5.32 Å². The van der Waals surface area contributed by atoms with Crippen LogP contribution in [-0.4, -0.2) is 21.6 Å². The van der Waals surface area contributed by atoms with E-state index in [1.54, 1.807) is 6.20 Å². The number of nitrogens with one attached hydrogen (secondary N) is 1. The van der Waals surface area contributed by atoms with Crippen LogP contribution in [0.1, 0.15) is 18.1 Å². The zero-order valence-corrected chi connectivity index (χ0v) is 11.0. The smallest absolute Gasteiger partial charge is 0.159 e. The largest absolute Gasteiger partial charge is 0.375 e. The van der Waals surface area contributed by atoms with Gasteiger partial charge in [-0.25, -0.2) is 0 Å². The molecule has 4 nitrogen and oxygen atoms in total. The lowest BCUT2D eigenvalue weighted by Crippen LogP contribution is -2.28. The van der Waals surface area contributed by atoms with Crippen LogP contribution >= 0.6 is 0 Å². The summed E-state index contributed by atoms with van der Waals surface area (Å²) < 4.78 is 1.85. The summed E-state index contributed by atoms with van der Waals surface area (Å²) in [7, 11) is 0. The van der Waals surface area contributed by atoms with Gasteiger partial charge in [0.2, 0.25) is 0 Å². The fraction of sp³-hybridized carbons (Fsp3) is 0.333. The Bertz CT molecular complexity index is 578. The molecule has 0 spiro atoms. The molecule has 1 aliphatic heterocycles. The summed E-state index contributed by atoms with van der Waals surface area (Å²) in [5, 5.41) is 7.50. The number of carbonyl (C=O) groups is 1. The van der Waals surface area contributed by atoms with E-state index in [0.717, 1.165) is 24.2 Å². The van der Waals surface area contributed by atoms with Crippen molar-refractivity contribution in [1.82, 2.24) is 9.78 Å². The molecule has 1 unspecified atom stereocenters. The zero-order chi connectivity index (χ0) is 13.2. The van der Waals surface area contributed by atoms with Gasteiger partial charge in [0.05, 0.1) is 12.2 Å². The third-order valence-electron chi connectivity index (χ3n) is 3.55. The van der Waals surface area contributed by atoms with Crippen LogP contribution in [0.5, 0.6) is 0 Å². The Balaban J connectivity index is 1.66. The second-order valence-electron chi connectivity index (χ2n) is 4.91. The van der Waals surface area contributed by atoms with Crippen LogP contribution in [0.25, 0.3) is 0 Å². The highest BCUT2D eigenvalue weighted by atomic mass is 16.1. The number of para-hydroxylation sites is 1. The first-order valence-electron chi connectivity index (χ1n) is 6.64. The number of hydrogen-bond donors (Lipinski definition) is 1. The van der Waals surface area contributed by atoms with Crippen molar-refractivity contribution in [2.45, 2.75) is 32.4 Å². The third kappa shape index (κ3) is 2.38. The SMILES string of the molecule is CCn1cc(CC(=O)C2Cc3ccccc3N2)cn1. The van der Waals surface area contributed by atoms with Crippen molar-refractivity contribution in [1.29, 1.82) is 0 Å². The van der Waals surface area contributed by atoms with E-state index in [0.29, 0.717) is 6.42 Å². The van der Waals surface area contributed by atoms with Crippen LogP contribution in [0.4, 0.5) is 5.69 Å². The van der Waals surface area contributed by atoms with Crippen molar-refractivity contribution >= 4 is 11.5 Å². The highest BCUT2D eigenvalue weighted by molar-refractivity contribution is 5.90. The number of ketones is 1. The lowest BCUT2D eigenvalue weighted by Gasteiger charge is -2.08. The molecular formula is C15H17N3O. The number of carbonyl (C=O) groups excluding carboxylic acids is 1. The quantitative estimate of drug-likeness (QED) is 0.909. The molecule has 1 atom stereocenters. The summed E-state index contributed by atoms with van der Waals surface area (Å²) in [6, 6.07) is 8.01. The molecule has 0 saturated heterocycles. The molecule has 0 fully saturated rings. The molecule has 0 aliphatic carbocycles. The maximum Gasteiger partial charge on any atom is 0.159 e. The monoisotopic (exact) mass is 255 g/mol. The highest BCUT2D eigenvalue weighted by Gasteiger charge is 2.26. The minimum absolute atomic E-state index is 0.0950. The van der Waals surface area contributed by atoms with E-state index in [2.05, 4.69) is 16.5 Å². The van der Waals surface area contributed by atoms with E-state index in [4.69, 9.17) is 0 Å². The molecule has 1 aromatic heterocycles. The van der Waals surface area contributed by atoms with Crippen LogP contribution in [-0.2, 0) is 24.2 Å². The van der Waals surface area contributed by atoms with Gasteiger partial charge in [0.15, 0.2) is 5.78 Å². The Hall–Kier alpha value is -2.10. The Morgan fingerprint density at radius 2 is 2.32 bits per heavy atom. The number of nitrogens with zero attached hydrogens (tertiary/aromatic N) is 2. The van der Waals surface area contributed by atoms with Gasteiger partial charge in [-0.1, -0.05) is 18.2 Å². The topological polar surface area (TPSA) is 46.9 Å². The highest BCUT2D eigenvalue weighted by Crippen LogP contribution is 2.25. The fourth-order valence-electron chi connectivity index (χ4n) is 2.49. The van der Waals surface area contributed by atoms with Gasteiger partial charge in [0.1, 0.15) is 0 Å². The number of aromatic nitrogens is 2. The Labute approximate surface area is 112 Å². The lowest BCUT2D eigenvalue weighted by molar-refractivity contribution is -0.119. The van der Waals surface area contributed by atoms with Crippen LogP contribution < -0.4 is 5.32 Å². The first kappa shape index (κ1) is 12.0. The number of rotatable bonds is 4. The van der Waals surface area contributed by atoms with E-state index >= 15 is 0 Å². The Morgan fingerprint density at radius 3 is 3.05 bits per heavy atom. The molecule has 0 amide bonds. The number of fused-ring (bicyclic) bond motifs is 1. The van der Waals surface area contributed by atoms with Crippen LogP contribution in [0.15, 0.2) is 36.7 Å². The molecule has 1 aliphatic rings. The van der Waals surface area contributed by atoms with E-state index in [9.17, 15) is 4.79 Å². The summed E-state index contributed by atoms with van der Waals surface area (Å²) in [5.41, 5.74) is 3.31. The van der Waals surface area contributed by atoms with Crippen molar-refractivity contribution in [2.75, 3.05) is 5.32 Å². The molecule has 2 heterocycles. The summed E-state index contributed by atoms with van der Waals surface area (Å²) in [4.78, 5) is 12.3. The molecule has 0 bridgehead atoms. The van der Waals surface area contributed by atoms with E-state index in [1.807, 2.05) is 36.0 Å². The molecule has 4 heteroatoms. The van der Waals surface area contributed by atoms with Crippen LogP contribution in [0.2, 0.25) is 0 Å². The molecule has 98 valence electrons. The fourth-order valence-corrected chi connectivity index (χ4v) is 2.49. The molecule has 0 radical (unpaired) electrons. The maximum absolute atomic E-state index is 12.3. The molecule has 19 heavy (non-hydrogen) atoms. The minimum atomic E-state index is -0.0950. The van der Waals surface area contributed by atoms with Gasteiger partial charge >= 0.3 is 0 Å². The van der Waals surface area contributed by atoms with Crippen molar-refractivity contribution in [3.05, 3.63) is 47.8 Å². The van der Waals surface area contributed by atoms with Gasteiger partial charge in [0.25, 0.3) is 0 Å². The van der Waals surface area contributed by atoms with Crippen molar-refractivity contribution < 1.29 is 4.79 Å². The van der Waals surface area contributed by atoms with Crippen molar-refractivity contribution in [2.24, 2.45) is 0 Å². The molecule has 1 aromatic carbocycles. The predicted octanol–water partition coefficient (Wildman–Crippen LogP) is 2.05. The predicted molar refractivity (Wildman–Crippen MR) is 74.2 cm³/mol. The average molecular weight is 255 g/mol. The van der Waals surface area contributed by atoms with Crippen molar-refractivity contribution in [3.63, 3.8) is 0 Å². The van der Waals surface area contributed by atoms with Crippen molar-refractivity contribution in [3.8, 4) is 0 Å². The van der Waals surface area contributed by atoms with Gasteiger partial charge in [-0.2, -0.15) is 5.10 Å². The van der Waals surface area contributed by atoms with Crippen LogP contribution in [0.3, 0.4) is 0 Å². The lowest BCUT2D eigenvalue weighted by atomic mass is 10.0. The standard InChI is InChI=1S/C15H17N3O/c1-2-18-10-11(9-16-18)7-15(19)14-8-12-5-3-4-6-13(12)17-14/h3-6,9-10,14,17H,2,7-8H2,1H3. The van der Waals surface area contributed by atoms with Gasteiger partial charge in [-0.15, -0.1) is 0 Å². The Morgan fingerprint density at radius 1 is 1.47 bits per heavy atom. The minimum Gasteiger partial charge on any atom is -0.375 e. The summed E-state index contributed by atoms with van der Waals surface area (Å²) in [6.45, 7) is 2.87. The number of aryl methyl sites for hydroxylation is 1. The number of Topliss-reactive ketones (excluding diaryl/α,β-unsaturated/α-hetero) is 1. The summed E-state index contributed by atoms with van der Waals surface area (Å²) >= 11 is 0. The second kappa shape index (κ2) is 4.88. The van der Waals surface area contributed by atoms with Crippen LogP contribution in [0, 0.1) is 0 Å². The second-order valence-corrected chi connectivity index (χ2v) is 4.91. The van der Waals surface area contributed by atoms with E-state index < -0.39 is 0 Å². The van der Waals surface area contributed by atoms with Gasteiger partial charge in [-0.05, 0) is 24.1 Å². The van der Waals surface area contributed by atoms with Gasteiger partial charge in [0, 0.05) is 31.3 Å². The van der Waals surface area contributed by atoms with E-state index in [1.165, 1.54) is 5.56 Å². The third-order valence-corrected chi connectivity index (χ3v) is 3.55. The maximum atomic E-state index is 12.3. The summed E-state index contributed by atoms with van der Waals surface area (Å²) in [6.07, 6.45) is 4.96. The molecule has 2 aromatic rings. The number of anilines is 1. The molecule has 3 rings (SSSR count). The first-order valence-corrected chi connectivity index (χ1v) is 6.64. The molecule has 1 N–H and O–H groups in total. The Kier molecular flexibility index (Phi) is 3.07. The molecule has 0 saturated carbocycles. The summed E-state index contributed by atoms with van der Waals surface area (Å²) in [5.74, 6) is 0.229. The normalized spacial score (nSPS) is 17.0. The number of hydrogen-bond acceptors (Lipinski definition) is 3. The molecular weight excluding hydrogens is 238 g/mol. The average Bonchev–Trinajstić information content (AvgIpc) is 3.04. The van der Waals surface area contributed by atoms with Gasteiger partial charge in [-0.3, -0.25) is 9.48 Å². The first-order chi connectivity index (χ1) is 9.26.